The van der Waals surface area contributed by atoms with Crippen LogP contribution in [0.2, 0.25) is 0 Å². The summed E-state index contributed by atoms with van der Waals surface area (Å²) in [7, 11) is 3.28. The number of imidazole rings is 1. The number of ether oxygens (including phenoxy) is 2. The topological polar surface area (TPSA) is 39.2 Å². The Morgan fingerprint density at radius 2 is 1.75 bits per heavy atom. The standard InChI is InChI=1S/C15H22N2O2S/c1-9(2)10(3)8-17-12-7-14(19-5)13(18-4)6-11(12)16-15(17)20/h6-7,9-10H,8H2,1-5H3,(H,16,20). The summed E-state index contributed by atoms with van der Waals surface area (Å²) in [6, 6.07) is 3.91. The van der Waals surface area contributed by atoms with Crippen LogP contribution in [-0.4, -0.2) is 23.8 Å². The molecule has 110 valence electrons. The SMILES string of the molecule is COc1cc2[nH]c(=S)n(CC(C)C(C)C)c2cc1OC. The summed E-state index contributed by atoms with van der Waals surface area (Å²) in [5.41, 5.74) is 2.03. The smallest absolute Gasteiger partial charge is 0.178 e. The van der Waals surface area contributed by atoms with E-state index in [2.05, 4.69) is 30.3 Å². The molecule has 4 nitrogen and oxygen atoms in total. The highest BCUT2D eigenvalue weighted by molar-refractivity contribution is 7.71. The predicted octanol–water partition coefficient (Wildman–Crippen LogP) is 4.01. The van der Waals surface area contributed by atoms with Crippen molar-refractivity contribution >= 4 is 23.3 Å². The van der Waals surface area contributed by atoms with Gasteiger partial charge in [0, 0.05) is 18.7 Å². The molecule has 1 unspecified atom stereocenters. The third-order valence-corrected chi connectivity index (χ3v) is 4.21. The van der Waals surface area contributed by atoms with Crippen molar-refractivity contribution in [2.24, 2.45) is 11.8 Å². The Labute approximate surface area is 124 Å². The average Bonchev–Trinajstić information content (AvgIpc) is 2.72. The van der Waals surface area contributed by atoms with Crippen LogP contribution in [0.3, 0.4) is 0 Å². The van der Waals surface area contributed by atoms with Gasteiger partial charge in [0.15, 0.2) is 16.3 Å². The molecule has 1 heterocycles. The second-order valence-corrected chi connectivity index (χ2v) is 5.87. The fourth-order valence-electron chi connectivity index (χ4n) is 2.16. The van der Waals surface area contributed by atoms with Gasteiger partial charge < -0.3 is 19.0 Å². The van der Waals surface area contributed by atoms with Crippen LogP contribution in [0.4, 0.5) is 0 Å². The summed E-state index contributed by atoms with van der Waals surface area (Å²) >= 11 is 5.44. The van der Waals surface area contributed by atoms with E-state index in [0.29, 0.717) is 17.6 Å². The third kappa shape index (κ3) is 2.68. The molecule has 1 atom stereocenters. The molecule has 0 bridgehead atoms. The molecule has 0 aliphatic rings. The fourth-order valence-corrected chi connectivity index (χ4v) is 2.45. The molecule has 0 radical (unpaired) electrons. The zero-order valence-electron chi connectivity index (χ0n) is 12.7. The zero-order chi connectivity index (χ0) is 14.9. The largest absolute Gasteiger partial charge is 0.493 e. The second kappa shape index (κ2) is 5.87. The molecule has 0 saturated heterocycles. The minimum absolute atomic E-state index is 0.550. The van der Waals surface area contributed by atoms with Crippen LogP contribution in [0.25, 0.3) is 11.0 Å². The van der Waals surface area contributed by atoms with E-state index in [1.165, 1.54) is 0 Å². The van der Waals surface area contributed by atoms with E-state index >= 15 is 0 Å². The molecule has 0 saturated carbocycles. The van der Waals surface area contributed by atoms with Gasteiger partial charge >= 0.3 is 0 Å². The molecular formula is C15H22N2O2S. The molecule has 1 N–H and O–H groups in total. The van der Waals surface area contributed by atoms with Crippen molar-refractivity contribution in [1.29, 1.82) is 0 Å². The average molecular weight is 294 g/mol. The number of nitrogens with zero attached hydrogens (tertiary/aromatic N) is 1. The number of rotatable bonds is 5. The number of fused-ring (bicyclic) bond motifs is 1. The molecule has 5 heteroatoms. The molecule has 0 fully saturated rings. The lowest BCUT2D eigenvalue weighted by molar-refractivity contribution is 0.354. The van der Waals surface area contributed by atoms with Crippen LogP contribution in [0.1, 0.15) is 20.8 Å². The number of hydrogen-bond acceptors (Lipinski definition) is 3. The number of nitrogens with one attached hydrogen (secondary N) is 1. The number of aromatic nitrogens is 2. The Balaban J connectivity index is 2.55. The zero-order valence-corrected chi connectivity index (χ0v) is 13.5. The Kier molecular flexibility index (Phi) is 4.38. The van der Waals surface area contributed by atoms with E-state index in [-0.39, 0.29) is 0 Å². The van der Waals surface area contributed by atoms with E-state index in [1.807, 2.05) is 12.1 Å². The van der Waals surface area contributed by atoms with Gasteiger partial charge in [-0.1, -0.05) is 20.8 Å². The second-order valence-electron chi connectivity index (χ2n) is 5.49. The number of methoxy groups -OCH3 is 2. The lowest BCUT2D eigenvalue weighted by Gasteiger charge is -2.17. The minimum Gasteiger partial charge on any atom is -0.493 e. The van der Waals surface area contributed by atoms with Crippen LogP contribution in [-0.2, 0) is 6.54 Å². The van der Waals surface area contributed by atoms with Crippen molar-refractivity contribution in [2.45, 2.75) is 27.3 Å². The Hall–Kier alpha value is -1.49. The highest BCUT2D eigenvalue weighted by Crippen LogP contribution is 2.32. The Bertz CT molecular complexity index is 658. The maximum Gasteiger partial charge on any atom is 0.178 e. The van der Waals surface area contributed by atoms with Gasteiger partial charge in [-0.15, -0.1) is 0 Å². The van der Waals surface area contributed by atoms with Crippen LogP contribution < -0.4 is 9.47 Å². The number of benzene rings is 1. The van der Waals surface area contributed by atoms with E-state index in [1.54, 1.807) is 14.2 Å². The summed E-state index contributed by atoms with van der Waals surface area (Å²) in [6.45, 7) is 7.59. The molecule has 1 aromatic heterocycles. The van der Waals surface area contributed by atoms with Gasteiger partial charge in [0.05, 0.1) is 25.3 Å². The molecule has 0 amide bonds. The molecule has 0 aliphatic carbocycles. The first kappa shape index (κ1) is 14.9. The van der Waals surface area contributed by atoms with Gasteiger partial charge in [-0.2, -0.15) is 0 Å². The molecule has 2 aromatic rings. The summed E-state index contributed by atoms with van der Waals surface area (Å²) in [4.78, 5) is 3.24. The molecule has 20 heavy (non-hydrogen) atoms. The quantitative estimate of drug-likeness (QED) is 0.847. The van der Waals surface area contributed by atoms with E-state index < -0.39 is 0 Å². The lowest BCUT2D eigenvalue weighted by Crippen LogP contribution is -2.13. The Morgan fingerprint density at radius 3 is 2.30 bits per heavy atom. The molecule has 1 aromatic carbocycles. The van der Waals surface area contributed by atoms with Crippen molar-refractivity contribution < 1.29 is 9.47 Å². The first-order valence-electron chi connectivity index (χ1n) is 6.82. The van der Waals surface area contributed by atoms with Crippen LogP contribution in [0.5, 0.6) is 11.5 Å². The van der Waals surface area contributed by atoms with Crippen LogP contribution in [0.15, 0.2) is 12.1 Å². The Morgan fingerprint density at radius 1 is 1.15 bits per heavy atom. The van der Waals surface area contributed by atoms with Gasteiger partial charge in [0.1, 0.15) is 0 Å². The van der Waals surface area contributed by atoms with E-state index in [0.717, 1.165) is 28.1 Å². The third-order valence-electron chi connectivity index (χ3n) is 3.89. The van der Waals surface area contributed by atoms with Crippen LogP contribution >= 0.6 is 12.2 Å². The molecule has 2 rings (SSSR count). The van der Waals surface area contributed by atoms with Crippen molar-refractivity contribution in [3.63, 3.8) is 0 Å². The minimum atomic E-state index is 0.550. The van der Waals surface area contributed by atoms with Gasteiger partial charge in [-0.3, -0.25) is 0 Å². The summed E-state index contributed by atoms with van der Waals surface area (Å²) in [5.74, 6) is 2.59. The molecular weight excluding hydrogens is 272 g/mol. The van der Waals surface area contributed by atoms with E-state index in [9.17, 15) is 0 Å². The predicted molar refractivity (Wildman–Crippen MR) is 84.2 cm³/mol. The molecule has 0 spiro atoms. The maximum absolute atomic E-state index is 5.44. The first-order chi connectivity index (χ1) is 9.47. The van der Waals surface area contributed by atoms with Gasteiger partial charge in [0.25, 0.3) is 0 Å². The highest BCUT2D eigenvalue weighted by Gasteiger charge is 2.14. The van der Waals surface area contributed by atoms with E-state index in [4.69, 9.17) is 21.7 Å². The number of aromatic amines is 1. The van der Waals surface area contributed by atoms with Crippen LogP contribution in [0, 0.1) is 16.6 Å². The summed E-state index contributed by atoms with van der Waals surface area (Å²) < 4.78 is 13.6. The lowest BCUT2D eigenvalue weighted by atomic mass is 9.98. The highest BCUT2D eigenvalue weighted by atomic mass is 32.1. The maximum atomic E-state index is 5.44. The van der Waals surface area contributed by atoms with Crippen molar-refractivity contribution in [2.75, 3.05) is 14.2 Å². The number of H-pyrrole nitrogens is 1. The van der Waals surface area contributed by atoms with Gasteiger partial charge in [0.2, 0.25) is 0 Å². The fraction of sp³-hybridized carbons (Fsp3) is 0.533. The van der Waals surface area contributed by atoms with Crippen molar-refractivity contribution in [3.8, 4) is 11.5 Å². The van der Waals surface area contributed by atoms with Crippen molar-refractivity contribution in [1.82, 2.24) is 9.55 Å². The normalized spacial score (nSPS) is 12.9. The van der Waals surface area contributed by atoms with Gasteiger partial charge in [-0.05, 0) is 24.1 Å². The molecule has 0 aliphatic heterocycles. The van der Waals surface area contributed by atoms with Gasteiger partial charge in [-0.25, -0.2) is 0 Å². The summed E-state index contributed by atoms with van der Waals surface area (Å²) in [5, 5.41) is 0. The number of hydrogen-bond donors (Lipinski definition) is 1. The monoisotopic (exact) mass is 294 g/mol. The van der Waals surface area contributed by atoms with Crippen molar-refractivity contribution in [3.05, 3.63) is 16.9 Å². The first-order valence-corrected chi connectivity index (χ1v) is 7.23. The summed E-state index contributed by atoms with van der Waals surface area (Å²) in [6.07, 6.45) is 0.